The first-order valence-corrected chi connectivity index (χ1v) is 7.57. The normalized spacial score (nSPS) is 11.2. The van der Waals surface area contributed by atoms with E-state index in [0.29, 0.717) is 11.4 Å². The Morgan fingerprint density at radius 2 is 1.55 bits per heavy atom. The molecule has 0 saturated carbocycles. The van der Waals surface area contributed by atoms with Crippen LogP contribution in [-0.4, -0.2) is 56.6 Å². The molecule has 8 heteroatoms. The second-order valence-corrected chi connectivity index (χ2v) is 5.97. The monoisotopic (exact) mass is 329 g/mol. The van der Waals surface area contributed by atoms with Gasteiger partial charge in [-0.25, -0.2) is 0 Å². The summed E-state index contributed by atoms with van der Waals surface area (Å²) >= 11 is 0. The Bertz CT molecular complexity index is 759. The van der Waals surface area contributed by atoms with Crippen LogP contribution in [0.25, 0.3) is 0 Å². The SMILES string of the molecule is CN(C)c1ccccc1N=Nc1ccc(S(=O)(=O)O)cc1.[NaH]. The van der Waals surface area contributed by atoms with Crippen molar-refractivity contribution in [2.24, 2.45) is 10.2 Å². The summed E-state index contributed by atoms with van der Waals surface area (Å²) in [7, 11) is -0.360. The molecule has 0 amide bonds. The van der Waals surface area contributed by atoms with Gasteiger partial charge >= 0.3 is 29.6 Å². The van der Waals surface area contributed by atoms with Crippen molar-refractivity contribution < 1.29 is 13.0 Å². The van der Waals surface area contributed by atoms with Gasteiger partial charge in [-0.1, -0.05) is 12.1 Å². The zero-order valence-corrected chi connectivity index (χ0v) is 12.4. The van der Waals surface area contributed by atoms with Crippen LogP contribution in [0, 0.1) is 0 Å². The van der Waals surface area contributed by atoms with Crippen LogP contribution in [0.2, 0.25) is 0 Å². The van der Waals surface area contributed by atoms with E-state index < -0.39 is 10.1 Å². The van der Waals surface area contributed by atoms with Gasteiger partial charge in [0, 0.05) is 14.1 Å². The van der Waals surface area contributed by atoms with Crippen LogP contribution in [0.15, 0.2) is 63.7 Å². The fraction of sp³-hybridized carbons (Fsp3) is 0.143. The van der Waals surface area contributed by atoms with Crippen molar-refractivity contribution in [3.05, 3.63) is 48.5 Å². The third-order valence-electron chi connectivity index (χ3n) is 2.77. The molecule has 0 spiro atoms. The van der Waals surface area contributed by atoms with Crippen molar-refractivity contribution in [2.45, 2.75) is 4.90 Å². The van der Waals surface area contributed by atoms with Gasteiger partial charge in [0.2, 0.25) is 0 Å². The number of benzene rings is 2. The molecule has 1 N–H and O–H groups in total. The summed E-state index contributed by atoms with van der Waals surface area (Å²) in [6.07, 6.45) is 0. The third-order valence-corrected chi connectivity index (χ3v) is 3.64. The second-order valence-electron chi connectivity index (χ2n) is 4.55. The number of hydrogen-bond acceptors (Lipinski definition) is 5. The van der Waals surface area contributed by atoms with Crippen LogP contribution >= 0.6 is 0 Å². The molecule has 0 aliphatic carbocycles. The van der Waals surface area contributed by atoms with E-state index in [1.807, 2.05) is 43.3 Å². The van der Waals surface area contributed by atoms with E-state index in [9.17, 15) is 8.42 Å². The van der Waals surface area contributed by atoms with Crippen LogP contribution in [0.5, 0.6) is 0 Å². The molecule has 0 aromatic heterocycles. The Balaban J connectivity index is 0.00000242. The molecule has 0 fully saturated rings. The van der Waals surface area contributed by atoms with Gasteiger partial charge in [0.1, 0.15) is 5.69 Å². The van der Waals surface area contributed by atoms with Gasteiger partial charge in [-0.2, -0.15) is 13.5 Å². The molecule has 22 heavy (non-hydrogen) atoms. The van der Waals surface area contributed by atoms with E-state index in [1.165, 1.54) is 24.3 Å². The number of para-hydroxylation sites is 1. The first kappa shape index (κ1) is 18.8. The van der Waals surface area contributed by atoms with Gasteiger partial charge in [0.25, 0.3) is 10.1 Å². The van der Waals surface area contributed by atoms with Crippen molar-refractivity contribution in [3.8, 4) is 0 Å². The Hall–Kier alpha value is -1.25. The van der Waals surface area contributed by atoms with E-state index in [1.54, 1.807) is 0 Å². The molecule has 6 nitrogen and oxygen atoms in total. The minimum absolute atomic E-state index is 0. The second kappa shape index (κ2) is 7.85. The van der Waals surface area contributed by atoms with Crippen LogP contribution < -0.4 is 4.90 Å². The zero-order valence-electron chi connectivity index (χ0n) is 11.6. The van der Waals surface area contributed by atoms with Crippen LogP contribution in [0.3, 0.4) is 0 Å². The first-order valence-electron chi connectivity index (χ1n) is 6.13. The predicted octanol–water partition coefficient (Wildman–Crippen LogP) is 2.77. The predicted molar refractivity (Wildman–Crippen MR) is 88.4 cm³/mol. The van der Waals surface area contributed by atoms with E-state index in [-0.39, 0.29) is 34.5 Å². The molecule has 2 aromatic rings. The summed E-state index contributed by atoms with van der Waals surface area (Å²) in [5.74, 6) is 0. The summed E-state index contributed by atoms with van der Waals surface area (Å²) in [5, 5.41) is 8.23. The molecule has 0 aliphatic heterocycles. The van der Waals surface area contributed by atoms with Crippen LogP contribution in [0.4, 0.5) is 17.1 Å². The van der Waals surface area contributed by atoms with E-state index >= 15 is 0 Å². The molecule has 0 radical (unpaired) electrons. The molecule has 2 aromatic carbocycles. The minimum atomic E-state index is -4.18. The number of hydrogen-bond donors (Lipinski definition) is 1. The molecule has 112 valence electrons. The van der Waals surface area contributed by atoms with Gasteiger partial charge in [0.05, 0.1) is 16.3 Å². The standard InChI is InChI=1S/C14H15N3O3S.Na.H/c1-17(2)14-6-4-3-5-13(14)16-15-11-7-9-12(10-8-11)21(18,19)20;;/h3-10H,1-2H3,(H,18,19,20);;. The van der Waals surface area contributed by atoms with Gasteiger partial charge < -0.3 is 4.90 Å². The number of azo groups is 1. The molecule has 0 bridgehead atoms. The summed E-state index contributed by atoms with van der Waals surface area (Å²) < 4.78 is 30.8. The Kier molecular flexibility index (Phi) is 6.70. The number of nitrogens with zero attached hydrogens (tertiary/aromatic N) is 3. The fourth-order valence-electron chi connectivity index (χ4n) is 1.72. The number of anilines is 1. The molecule has 0 atom stereocenters. The number of rotatable bonds is 4. The Labute approximate surface area is 151 Å². The quantitative estimate of drug-likeness (QED) is 0.531. The first-order chi connectivity index (χ1) is 9.88. The third kappa shape index (κ3) is 4.89. The maximum atomic E-state index is 10.9. The average Bonchev–Trinajstić information content (AvgIpc) is 2.45. The van der Waals surface area contributed by atoms with Crippen LogP contribution in [-0.2, 0) is 10.1 Å². The van der Waals surface area contributed by atoms with Gasteiger partial charge in [-0.15, -0.1) is 5.11 Å². The fourth-order valence-corrected chi connectivity index (χ4v) is 2.20. The van der Waals surface area contributed by atoms with E-state index in [2.05, 4.69) is 10.2 Å². The van der Waals surface area contributed by atoms with E-state index in [4.69, 9.17) is 4.55 Å². The molecular weight excluding hydrogens is 313 g/mol. The van der Waals surface area contributed by atoms with Gasteiger partial charge in [-0.05, 0) is 36.4 Å². The topological polar surface area (TPSA) is 82.3 Å². The summed E-state index contributed by atoms with van der Waals surface area (Å²) in [6, 6.07) is 13.1. The molecule has 0 heterocycles. The van der Waals surface area contributed by atoms with Gasteiger partial charge in [0.15, 0.2) is 0 Å². The molecule has 0 aliphatic rings. The van der Waals surface area contributed by atoms with Crippen LogP contribution in [0.1, 0.15) is 0 Å². The molecule has 2 rings (SSSR count). The molecule has 0 unspecified atom stereocenters. The Morgan fingerprint density at radius 1 is 0.955 bits per heavy atom. The zero-order chi connectivity index (χ0) is 15.5. The summed E-state index contributed by atoms with van der Waals surface area (Å²) in [4.78, 5) is 1.76. The summed E-state index contributed by atoms with van der Waals surface area (Å²) in [6.45, 7) is 0. The van der Waals surface area contributed by atoms with Crippen molar-refractivity contribution >= 4 is 56.7 Å². The summed E-state index contributed by atoms with van der Waals surface area (Å²) in [5.41, 5.74) is 2.13. The van der Waals surface area contributed by atoms with E-state index in [0.717, 1.165) is 5.69 Å². The van der Waals surface area contributed by atoms with Crippen molar-refractivity contribution in [1.82, 2.24) is 0 Å². The van der Waals surface area contributed by atoms with Crippen molar-refractivity contribution in [2.75, 3.05) is 19.0 Å². The maximum absolute atomic E-state index is 10.9. The molecule has 0 saturated heterocycles. The van der Waals surface area contributed by atoms with Gasteiger partial charge in [-0.3, -0.25) is 4.55 Å². The Morgan fingerprint density at radius 3 is 2.09 bits per heavy atom. The average molecular weight is 329 g/mol. The molecular formula is C14H16N3NaO3S. The van der Waals surface area contributed by atoms with Crippen molar-refractivity contribution in [3.63, 3.8) is 0 Å². The van der Waals surface area contributed by atoms with Crippen molar-refractivity contribution in [1.29, 1.82) is 0 Å².